The normalized spacial score (nSPS) is 10.6. The predicted octanol–water partition coefficient (Wildman–Crippen LogP) is 4.05. The number of hydrogen-bond donors (Lipinski definition) is 0. The highest BCUT2D eigenvalue weighted by Gasteiger charge is 2.12. The zero-order chi connectivity index (χ0) is 11.3. The third-order valence-corrected chi connectivity index (χ3v) is 2.60. The number of hydrogen-bond acceptors (Lipinski definition) is 2. The average molecular weight is 208 g/mol. The van der Waals surface area contributed by atoms with Crippen molar-refractivity contribution in [1.82, 2.24) is 0 Å². The van der Waals surface area contributed by atoms with Gasteiger partial charge in [0.15, 0.2) is 5.78 Å². The largest absolute Gasteiger partial charge is 0.466 e. The van der Waals surface area contributed by atoms with E-state index in [0.717, 1.165) is 29.9 Å². The molecule has 0 unspecified atom stereocenters. The van der Waals surface area contributed by atoms with Crippen molar-refractivity contribution >= 4 is 5.78 Å². The molecule has 0 fully saturated rings. The van der Waals surface area contributed by atoms with E-state index >= 15 is 0 Å². The van der Waals surface area contributed by atoms with Gasteiger partial charge < -0.3 is 4.42 Å². The highest BCUT2D eigenvalue weighted by Crippen LogP contribution is 2.17. The summed E-state index contributed by atoms with van der Waals surface area (Å²) < 4.78 is 5.34. The van der Waals surface area contributed by atoms with Gasteiger partial charge in [-0.3, -0.25) is 4.79 Å². The summed E-state index contributed by atoms with van der Waals surface area (Å²) in [4.78, 5) is 11.8. The second-order valence-electron chi connectivity index (χ2n) is 4.06. The van der Waals surface area contributed by atoms with Crippen LogP contribution in [0.25, 0.3) is 0 Å². The molecule has 0 radical (unpaired) electrons. The minimum Gasteiger partial charge on any atom is -0.466 e. The van der Waals surface area contributed by atoms with Gasteiger partial charge >= 0.3 is 0 Å². The molecule has 0 bridgehead atoms. The standard InChI is InChI=1S/C13H20O2/c1-4-5-6-7-8-13(14)12-9-10(2)15-11(12)3/h9H,4-8H2,1-3H3. The van der Waals surface area contributed by atoms with E-state index in [4.69, 9.17) is 4.42 Å². The van der Waals surface area contributed by atoms with Crippen LogP contribution in [-0.4, -0.2) is 5.78 Å². The Bertz CT molecular complexity index is 323. The highest BCUT2D eigenvalue weighted by atomic mass is 16.3. The maximum Gasteiger partial charge on any atom is 0.166 e. The van der Waals surface area contributed by atoms with E-state index in [1.54, 1.807) is 0 Å². The summed E-state index contributed by atoms with van der Waals surface area (Å²) in [6, 6.07) is 1.84. The predicted molar refractivity (Wildman–Crippen MR) is 61.3 cm³/mol. The molecular formula is C13H20O2. The molecule has 2 nitrogen and oxygen atoms in total. The van der Waals surface area contributed by atoms with Crippen LogP contribution < -0.4 is 0 Å². The summed E-state index contributed by atoms with van der Waals surface area (Å²) in [6.45, 7) is 5.90. The Morgan fingerprint density at radius 3 is 2.53 bits per heavy atom. The van der Waals surface area contributed by atoms with E-state index in [0.29, 0.717) is 6.42 Å². The molecule has 2 heteroatoms. The van der Waals surface area contributed by atoms with Gasteiger partial charge in [-0.2, -0.15) is 0 Å². The molecule has 84 valence electrons. The summed E-state index contributed by atoms with van der Waals surface area (Å²) in [6.07, 6.45) is 5.23. The number of furan rings is 1. The van der Waals surface area contributed by atoms with E-state index in [9.17, 15) is 4.79 Å². The third-order valence-electron chi connectivity index (χ3n) is 2.60. The Hall–Kier alpha value is -1.05. The fourth-order valence-corrected chi connectivity index (χ4v) is 1.75. The zero-order valence-corrected chi connectivity index (χ0v) is 9.93. The van der Waals surface area contributed by atoms with Crippen LogP contribution in [0.4, 0.5) is 0 Å². The van der Waals surface area contributed by atoms with Gasteiger partial charge in [-0.1, -0.05) is 26.2 Å². The molecule has 0 N–H and O–H groups in total. The highest BCUT2D eigenvalue weighted by molar-refractivity contribution is 5.97. The Labute approximate surface area is 91.7 Å². The summed E-state index contributed by atoms with van der Waals surface area (Å²) in [5, 5.41) is 0. The van der Waals surface area contributed by atoms with Crippen molar-refractivity contribution in [1.29, 1.82) is 0 Å². The smallest absolute Gasteiger partial charge is 0.166 e. The quantitative estimate of drug-likeness (QED) is 0.521. The number of carbonyl (C=O) groups is 1. The van der Waals surface area contributed by atoms with Gasteiger partial charge in [0.1, 0.15) is 11.5 Å². The lowest BCUT2D eigenvalue weighted by atomic mass is 10.0. The lowest BCUT2D eigenvalue weighted by Crippen LogP contribution is -1.98. The minimum atomic E-state index is 0.223. The molecule has 15 heavy (non-hydrogen) atoms. The third kappa shape index (κ3) is 3.54. The summed E-state index contributed by atoms with van der Waals surface area (Å²) in [7, 11) is 0. The van der Waals surface area contributed by atoms with Crippen molar-refractivity contribution in [3.8, 4) is 0 Å². The number of carbonyl (C=O) groups excluding carboxylic acids is 1. The SMILES string of the molecule is CCCCCCC(=O)c1cc(C)oc1C. The molecule has 1 heterocycles. The van der Waals surface area contributed by atoms with Crippen molar-refractivity contribution in [3.63, 3.8) is 0 Å². The Balaban J connectivity index is 2.43. The molecule has 0 saturated heterocycles. The Morgan fingerprint density at radius 1 is 1.27 bits per heavy atom. The molecule has 0 saturated carbocycles. The fraction of sp³-hybridized carbons (Fsp3) is 0.615. The van der Waals surface area contributed by atoms with Gasteiger partial charge in [0.25, 0.3) is 0 Å². The maximum atomic E-state index is 11.8. The van der Waals surface area contributed by atoms with Crippen LogP contribution >= 0.6 is 0 Å². The first-order valence-corrected chi connectivity index (χ1v) is 5.75. The van der Waals surface area contributed by atoms with Crippen LogP contribution in [-0.2, 0) is 0 Å². The topological polar surface area (TPSA) is 30.2 Å². The van der Waals surface area contributed by atoms with Gasteiger partial charge in [0.05, 0.1) is 5.56 Å². The van der Waals surface area contributed by atoms with E-state index in [1.165, 1.54) is 12.8 Å². The van der Waals surface area contributed by atoms with Crippen molar-refractivity contribution in [3.05, 3.63) is 23.2 Å². The van der Waals surface area contributed by atoms with Gasteiger partial charge in [-0.15, -0.1) is 0 Å². The number of Topliss-reactive ketones (excluding diaryl/α,β-unsaturated/α-hetero) is 1. The van der Waals surface area contributed by atoms with E-state index in [-0.39, 0.29) is 5.78 Å². The molecule has 1 aromatic heterocycles. The number of unbranched alkanes of at least 4 members (excludes halogenated alkanes) is 3. The Kier molecular flexibility index (Phi) is 4.60. The first-order valence-electron chi connectivity index (χ1n) is 5.75. The van der Waals surface area contributed by atoms with Crippen molar-refractivity contribution in [2.45, 2.75) is 52.9 Å². The van der Waals surface area contributed by atoms with Crippen LogP contribution in [0.1, 0.15) is 60.9 Å². The lowest BCUT2D eigenvalue weighted by molar-refractivity contribution is 0.0977. The number of rotatable bonds is 6. The summed E-state index contributed by atoms with van der Waals surface area (Å²) in [5.74, 6) is 1.80. The van der Waals surface area contributed by atoms with Crippen molar-refractivity contribution in [2.24, 2.45) is 0 Å². The maximum absolute atomic E-state index is 11.8. The second-order valence-corrected chi connectivity index (χ2v) is 4.06. The van der Waals surface area contributed by atoms with Gasteiger partial charge in [-0.05, 0) is 26.3 Å². The summed E-state index contributed by atoms with van der Waals surface area (Å²) in [5.41, 5.74) is 0.768. The van der Waals surface area contributed by atoms with Gasteiger partial charge in [0, 0.05) is 6.42 Å². The lowest BCUT2D eigenvalue weighted by Gasteiger charge is -1.98. The number of aryl methyl sites for hydroxylation is 2. The first kappa shape index (κ1) is 12.0. The van der Waals surface area contributed by atoms with Gasteiger partial charge in [0.2, 0.25) is 0 Å². The minimum absolute atomic E-state index is 0.223. The molecular weight excluding hydrogens is 188 g/mol. The molecule has 0 spiro atoms. The molecule has 0 aliphatic rings. The van der Waals surface area contributed by atoms with Crippen LogP contribution in [0.15, 0.2) is 10.5 Å². The van der Waals surface area contributed by atoms with Crippen molar-refractivity contribution < 1.29 is 9.21 Å². The van der Waals surface area contributed by atoms with E-state index in [1.807, 2.05) is 19.9 Å². The van der Waals surface area contributed by atoms with Crippen molar-refractivity contribution in [2.75, 3.05) is 0 Å². The Morgan fingerprint density at radius 2 is 2.00 bits per heavy atom. The van der Waals surface area contributed by atoms with Crippen LogP contribution in [0, 0.1) is 13.8 Å². The zero-order valence-electron chi connectivity index (χ0n) is 9.93. The van der Waals surface area contributed by atoms with Crippen LogP contribution in [0.3, 0.4) is 0 Å². The molecule has 0 atom stereocenters. The first-order chi connectivity index (χ1) is 7.15. The number of ketones is 1. The molecule has 0 amide bonds. The fourth-order valence-electron chi connectivity index (χ4n) is 1.75. The average Bonchev–Trinajstić information content (AvgIpc) is 2.52. The second kappa shape index (κ2) is 5.74. The molecule has 1 aromatic rings. The van der Waals surface area contributed by atoms with Crippen LogP contribution in [0.2, 0.25) is 0 Å². The van der Waals surface area contributed by atoms with Crippen LogP contribution in [0.5, 0.6) is 0 Å². The van der Waals surface area contributed by atoms with E-state index < -0.39 is 0 Å². The summed E-state index contributed by atoms with van der Waals surface area (Å²) >= 11 is 0. The monoisotopic (exact) mass is 208 g/mol. The van der Waals surface area contributed by atoms with E-state index in [2.05, 4.69) is 6.92 Å². The molecule has 0 aromatic carbocycles. The molecule has 0 aliphatic carbocycles. The van der Waals surface area contributed by atoms with Gasteiger partial charge in [-0.25, -0.2) is 0 Å². The molecule has 1 rings (SSSR count). The molecule has 0 aliphatic heterocycles.